The van der Waals surface area contributed by atoms with Gasteiger partial charge in [0.1, 0.15) is 12.0 Å². The number of hydrogen-bond donors (Lipinski definition) is 0. The van der Waals surface area contributed by atoms with E-state index in [1.54, 1.807) is 4.90 Å². The van der Waals surface area contributed by atoms with Crippen LogP contribution in [0.3, 0.4) is 0 Å². The lowest BCUT2D eigenvalue weighted by Crippen LogP contribution is -2.50. The molecule has 1 aromatic carbocycles. The van der Waals surface area contributed by atoms with Crippen LogP contribution in [0, 0.1) is 0 Å². The van der Waals surface area contributed by atoms with Crippen LogP contribution < -0.4 is 15.1 Å². The monoisotopic (exact) mass is 411 g/mol. The SMILES string of the molecule is O=C(COc1coc(CN2CCCCC2)cc1=O)N1CCN(c2ccccc2)CC1. The first-order chi connectivity index (χ1) is 14.7. The predicted octanol–water partition coefficient (Wildman–Crippen LogP) is 2.35. The third-order valence-corrected chi connectivity index (χ3v) is 5.79. The van der Waals surface area contributed by atoms with Crippen LogP contribution >= 0.6 is 0 Å². The van der Waals surface area contributed by atoms with Gasteiger partial charge in [-0.2, -0.15) is 0 Å². The summed E-state index contributed by atoms with van der Waals surface area (Å²) in [6, 6.07) is 11.7. The second-order valence-corrected chi connectivity index (χ2v) is 7.90. The van der Waals surface area contributed by atoms with Gasteiger partial charge in [0.05, 0.1) is 6.54 Å². The first kappa shape index (κ1) is 20.5. The van der Waals surface area contributed by atoms with Gasteiger partial charge in [-0.1, -0.05) is 24.6 Å². The largest absolute Gasteiger partial charge is 0.477 e. The minimum atomic E-state index is -0.241. The van der Waals surface area contributed by atoms with E-state index in [4.69, 9.17) is 9.15 Å². The van der Waals surface area contributed by atoms with E-state index in [1.807, 2.05) is 18.2 Å². The summed E-state index contributed by atoms with van der Waals surface area (Å²) in [5.41, 5.74) is 0.929. The van der Waals surface area contributed by atoms with Crippen molar-refractivity contribution in [2.45, 2.75) is 25.8 Å². The molecule has 3 heterocycles. The molecule has 2 fully saturated rings. The highest BCUT2D eigenvalue weighted by atomic mass is 16.5. The fraction of sp³-hybridized carbons (Fsp3) is 0.478. The van der Waals surface area contributed by atoms with Gasteiger partial charge < -0.3 is 19.0 Å². The summed E-state index contributed by atoms with van der Waals surface area (Å²) in [5.74, 6) is 0.616. The summed E-state index contributed by atoms with van der Waals surface area (Å²) in [6.07, 6.45) is 4.98. The Bertz CT molecular complexity index is 885. The van der Waals surface area contributed by atoms with E-state index in [-0.39, 0.29) is 23.7 Å². The number of rotatable bonds is 6. The van der Waals surface area contributed by atoms with Crippen molar-refractivity contribution in [1.82, 2.24) is 9.80 Å². The Morgan fingerprint density at radius 3 is 2.40 bits per heavy atom. The van der Waals surface area contributed by atoms with E-state index < -0.39 is 0 Å². The molecule has 0 N–H and O–H groups in total. The number of carbonyl (C=O) groups excluding carboxylic acids is 1. The third-order valence-electron chi connectivity index (χ3n) is 5.79. The number of nitrogens with zero attached hydrogens (tertiary/aromatic N) is 3. The maximum Gasteiger partial charge on any atom is 0.260 e. The summed E-state index contributed by atoms with van der Waals surface area (Å²) >= 11 is 0. The molecule has 0 saturated carbocycles. The molecule has 0 spiro atoms. The van der Waals surface area contributed by atoms with Gasteiger partial charge in [0.2, 0.25) is 11.2 Å². The number of carbonyl (C=O) groups is 1. The molecule has 2 aliphatic rings. The lowest BCUT2D eigenvalue weighted by molar-refractivity contribution is -0.133. The van der Waals surface area contributed by atoms with E-state index in [9.17, 15) is 9.59 Å². The topological polar surface area (TPSA) is 66.2 Å². The van der Waals surface area contributed by atoms with Crippen molar-refractivity contribution in [2.75, 3.05) is 50.8 Å². The Morgan fingerprint density at radius 1 is 0.967 bits per heavy atom. The highest BCUT2D eigenvalue weighted by Crippen LogP contribution is 2.16. The first-order valence-electron chi connectivity index (χ1n) is 10.7. The van der Waals surface area contributed by atoms with Gasteiger partial charge >= 0.3 is 0 Å². The van der Waals surface area contributed by atoms with Gasteiger partial charge in [-0.05, 0) is 38.1 Å². The summed E-state index contributed by atoms with van der Waals surface area (Å²) < 4.78 is 11.1. The number of piperidine rings is 1. The number of amides is 1. The average molecular weight is 412 g/mol. The molecule has 0 aliphatic carbocycles. The van der Waals surface area contributed by atoms with Gasteiger partial charge in [0, 0.05) is 37.9 Å². The van der Waals surface area contributed by atoms with Gasteiger partial charge in [-0.15, -0.1) is 0 Å². The van der Waals surface area contributed by atoms with Crippen molar-refractivity contribution in [3.8, 4) is 5.75 Å². The van der Waals surface area contributed by atoms with Crippen LogP contribution in [-0.4, -0.2) is 61.6 Å². The second kappa shape index (κ2) is 9.80. The number of piperazine rings is 1. The second-order valence-electron chi connectivity index (χ2n) is 7.90. The van der Waals surface area contributed by atoms with Crippen LogP contribution in [-0.2, 0) is 11.3 Å². The summed E-state index contributed by atoms with van der Waals surface area (Å²) in [4.78, 5) is 31.2. The zero-order valence-corrected chi connectivity index (χ0v) is 17.3. The Labute approximate surface area is 176 Å². The van der Waals surface area contributed by atoms with Crippen molar-refractivity contribution >= 4 is 11.6 Å². The van der Waals surface area contributed by atoms with E-state index in [0.29, 0.717) is 25.4 Å². The molecular formula is C23H29N3O4. The Hall–Kier alpha value is -2.80. The molecule has 0 radical (unpaired) electrons. The molecule has 2 saturated heterocycles. The molecule has 160 valence electrons. The molecule has 0 atom stereocenters. The number of ether oxygens (including phenoxy) is 1. The predicted molar refractivity (Wildman–Crippen MR) is 115 cm³/mol. The summed E-state index contributed by atoms with van der Waals surface area (Å²) in [5, 5.41) is 0. The van der Waals surface area contributed by atoms with Crippen molar-refractivity contribution < 1.29 is 13.9 Å². The van der Waals surface area contributed by atoms with Crippen LogP contribution in [0.5, 0.6) is 5.75 Å². The lowest BCUT2D eigenvalue weighted by Gasteiger charge is -2.36. The van der Waals surface area contributed by atoms with Gasteiger partial charge in [0.25, 0.3) is 5.91 Å². The maximum absolute atomic E-state index is 12.5. The van der Waals surface area contributed by atoms with E-state index in [1.165, 1.54) is 37.3 Å². The quantitative estimate of drug-likeness (QED) is 0.727. The first-order valence-corrected chi connectivity index (χ1v) is 10.7. The lowest BCUT2D eigenvalue weighted by atomic mass is 10.1. The van der Waals surface area contributed by atoms with Gasteiger partial charge in [-0.25, -0.2) is 0 Å². The van der Waals surface area contributed by atoms with Crippen LogP contribution in [0.2, 0.25) is 0 Å². The van der Waals surface area contributed by atoms with Crippen LogP contribution in [0.4, 0.5) is 5.69 Å². The zero-order chi connectivity index (χ0) is 20.8. The standard InChI is InChI=1S/C23H29N3O4/c27-21-15-20(16-24-9-5-2-6-10-24)29-17-22(21)30-18-23(28)26-13-11-25(12-14-26)19-7-3-1-4-8-19/h1,3-4,7-8,15,17H,2,5-6,9-14,16,18H2. The van der Waals surface area contributed by atoms with E-state index in [0.717, 1.165) is 26.2 Å². The van der Waals surface area contributed by atoms with Crippen LogP contribution in [0.1, 0.15) is 25.0 Å². The van der Waals surface area contributed by atoms with Crippen LogP contribution in [0.15, 0.2) is 51.9 Å². The molecule has 1 amide bonds. The Morgan fingerprint density at radius 2 is 1.70 bits per heavy atom. The Kier molecular flexibility index (Phi) is 6.69. The minimum Gasteiger partial charge on any atom is -0.477 e. The number of para-hydroxylation sites is 1. The average Bonchev–Trinajstić information content (AvgIpc) is 2.80. The van der Waals surface area contributed by atoms with Crippen molar-refractivity contribution in [3.05, 3.63) is 58.6 Å². The van der Waals surface area contributed by atoms with Crippen molar-refractivity contribution in [3.63, 3.8) is 0 Å². The summed E-state index contributed by atoms with van der Waals surface area (Å²) in [6.45, 7) is 5.40. The fourth-order valence-electron chi connectivity index (χ4n) is 4.05. The van der Waals surface area contributed by atoms with Crippen LogP contribution in [0.25, 0.3) is 0 Å². The normalized spacial score (nSPS) is 17.7. The number of benzene rings is 1. The van der Waals surface area contributed by atoms with Gasteiger partial charge in [-0.3, -0.25) is 14.5 Å². The smallest absolute Gasteiger partial charge is 0.260 e. The number of likely N-dealkylation sites (tertiary alicyclic amines) is 1. The molecule has 7 heteroatoms. The molecule has 2 aliphatic heterocycles. The molecule has 2 aromatic rings. The van der Waals surface area contributed by atoms with E-state index >= 15 is 0 Å². The van der Waals surface area contributed by atoms with Crippen molar-refractivity contribution in [2.24, 2.45) is 0 Å². The number of hydrogen-bond acceptors (Lipinski definition) is 6. The van der Waals surface area contributed by atoms with E-state index in [2.05, 4.69) is 21.9 Å². The van der Waals surface area contributed by atoms with Crippen molar-refractivity contribution in [1.29, 1.82) is 0 Å². The zero-order valence-electron chi connectivity index (χ0n) is 17.3. The molecular weight excluding hydrogens is 382 g/mol. The molecule has 7 nitrogen and oxygen atoms in total. The molecule has 0 bridgehead atoms. The number of anilines is 1. The third kappa shape index (κ3) is 5.21. The van der Waals surface area contributed by atoms with Gasteiger partial charge in [0.15, 0.2) is 6.61 Å². The maximum atomic E-state index is 12.5. The molecule has 0 unspecified atom stereocenters. The highest BCUT2D eigenvalue weighted by Gasteiger charge is 2.22. The molecule has 1 aromatic heterocycles. The summed E-state index contributed by atoms with van der Waals surface area (Å²) in [7, 11) is 0. The fourth-order valence-corrected chi connectivity index (χ4v) is 4.05. The minimum absolute atomic E-state index is 0.0914. The Balaban J connectivity index is 1.25. The molecule has 30 heavy (non-hydrogen) atoms. The highest BCUT2D eigenvalue weighted by molar-refractivity contribution is 5.78. The molecule has 4 rings (SSSR count).